The Morgan fingerprint density at radius 2 is 1.97 bits per heavy atom. The Hall–Kier alpha value is -2.94. The molecule has 7 nitrogen and oxygen atoms in total. The molecule has 10 heteroatoms. The zero-order valence-electron chi connectivity index (χ0n) is 16.1. The maximum atomic E-state index is 12.8. The Bertz CT molecular complexity index is 1470. The fraction of sp³-hybridized carbons (Fsp3) is 0.143. The van der Waals surface area contributed by atoms with E-state index in [-0.39, 0.29) is 34.7 Å². The van der Waals surface area contributed by atoms with E-state index in [0.717, 1.165) is 17.4 Å². The molecular formula is C21H14Cl2N2O5S. The Morgan fingerprint density at radius 1 is 1.19 bits per heavy atom. The zero-order chi connectivity index (χ0) is 22.1. The summed E-state index contributed by atoms with van der Waals surface area (Å²) >= 11 is 13.6. The molecule has 0 spiro atoms. The van der Waals surface area contributed by atoms with Crippen LogP contribution in [-0.2, 0) is 16.1 Å². The highest BCUT2D eigenvalue weighted by molar-refractivity contribution is 7.16. The quantitative estimate of drug-likeness (QED) is 0.406. The number of hydrogen-bond acceptors (Lipinski definition) is 6. The first-order chi connectivity index (χ1) is 14.9. The number of hydrogen-bond donors (Lipinski definition) is 0. The summed E-state index contributed by atoms with van der Waals surface area (Å²) in [5, 5.41) is 1.06. The van der Waals surface area contributed by atoms with E-state index in [1.54, 1.807) is 37.3 Å². The summed E-state index contributed by atoms with van der Waals surface area (Å²) in [6.07, 6.45) is 0. The number of fused-ring (bicyclic) bond motifs is 2. The molecule has 0 saturated heterocycles. The minimum atomic E-state index is -0.769. The number of para-hydroxylation sites is 1. The highest BCUT2D eigenvalue weighted by Crippen LogP contribution is 2.29. The summed E-state index contributed by atoms with van der Waals surface area (Å²) in [5.74, 6) is -1.50. The maximum Gasteiger partial charge on any atom is 0.326 e. The number of amides is 1. The van der Waals surface area contributed by atoms with E-state index < -0.39 is 11.9 Å². The standard InChI is InChI=1S/C21H14Cl2N2O5S/c1-2-29-18(27)10-25-19-13(23)7-11(22)8-17(19)31-21(25)24-20(28)16-9-14(26)12-5-3-4-6-15(12)30-16/h3-9H,2,10H2,1H3. The second kappa shape index (κ2) is 8.66. The van der Waals surface area contributed by atoms with Crippen LogP contribution in [0.4, 0.5) is 0 Å². The van der Waals surface area contributed by atoms with Gasteiger partial charge in [0.2, 0.25) is 0 Å². The third kappa shape index (κ3) is 4.27. The lowest BCUT2D eigenvalue weighted by atomic mass is 10.2. The number of esters is 1. The van der Waals surface area contributed by atoms with Crippen LogP contribution in [0.5, 0.6) is 0 Å². The molecule has 0 aliphatic rings. The third-order valence-corrected chi connectivity index (χ3v) is 5.86. The topological polar surface area (TPSA) is 90.9 Å². The molecule has 0 aliphatic heterocycles. The Balaban J connectivity index is 1.88. The largest absolute Gasteiger partial charge is 0.465 e. The molecule has 0 aliphatic carbocycles. The summed E-state index contributed by atoms with van der Waals surface area (Å²) in [5.41, 5.74) is 0.417. The van der Waals surface area contributed by atoms with Gasteiger partial charge in [0.15, 0.2) is 16.0 Å². The highest BCUT2D eigenvalue weighted by atomic mass is 35.5. The first-order valence-corrected chi connectivity index (χ1v) is 10.7. The van der Waals surface area contributed by atoms with Crippen molar-refractivity contribution in [2.75, 3.05) is 6.61 Å². The van der Waals surface area contributed by atoms with Crippen molar-refractivity contribution in [2.24, 2.45) is 4.99 Å². The second-order valence-electron chi connectivity index (χ2n) is 6.40. The first-order valence-electron chi connectivity index (χ1n) is 9.13. The Kier molecular flexibility index (Phi) is 5.95. The zero-order valence-corrected chi connectivity index (χ0v) is 18.4. The van der Waals surface area contributed by atoms with Crippen molar-refractivity contribution in [1.82, 2.24) is 4.57 Å². The maximum absolute atomic E-state index is 12.8. The number of carbonyl (C=O) groups excluding carboxylic acids is 2. The third-order valence-electron chi connectivity index (χ3n) is 4.33. The Labute approximate surface area is 189 Å². The normalized spacial score (nSPS) is 11.9. The van der Waals surface area contributed by atoms with Gasteiger partial charge >= 0.3 is 11.9 Å². The van der Waals surface area contributed by atoms with E-state index >= 15 is 0 Å². The van der Waals surface area contributed by atoms with E-state index in [0.29, 0.717) is 25.6 Å². The van der Waals surface area contributed by atoms with Crippen LogP contribution in [0.15, 0.2) is 56.7 Å². The van der Waals surface area contributed by atoms with E-state index in [1.807, 2.05) is 0 Å². The van der Waals surface area contributed by atoms with Gasteiger partial charge in [0.1, 0.15) is 12.1 Å². The predicted octanol–water partition coefficient (Wildman–Crippen LogP) is 4.42. The van der Waals surface area contributed by atoms with E-state index in [1.165, 1.54) is 10.6 Å². The number of aromatic nitrogens is 1. The molecule has 0 radical (unpaired) electrons. The second-order valence-corrected chi connectivity index (χ2v) is 8.25. The summed E-state index contributed by atoms with van der Waals surface area (Å²) in [6, 6.07) is 10.9. The molecular weight excluding hydrogens is 463 g/mol. The van der Waals surface area contributed by atoms with Crippen molar-refractivity contribution in [3.63, 3.8) is 0 Å². The Morgan fingerprint density at radius 3 is 2.74 bits per heavy atom. The smallest absolute Gasteiger partial charge is 0.326 e. The number of carbonyl (C=O) groups is 2. The van der Waals surface area contributed by atoms with Crippen molar-refractivity contribution in [1.29, 1.82) is 0 Å². The van der Waals surface area contributed by atoms with Crippen LogP contribution in [0.25, 0.3) is 21.2 Å². The molecule has 0 atom stereocenters. The average molecular weight is 477 g/mol. The first kappa shape index (κ1) is 21.3. The van der Waals surface area contributed by atoms with E-state index in [9.17, 15) is 14.4 Å². The van der Waals surface area contributed by atoms with Crippen LogP contribution in [0, 0.1) is 0 Å². The minimum Gasteiger partial charge on any atom is -0.465 e. The average Bonchev–Trinajstić information content (AvgIpc) is 3.04. The molecule has 4 aromatic rings. The van der Waals surface area contributed by atoms with Gasteiger partial charge in [-0.3, -0.25) is 14.4 Å². The number of thiazole rings is 1. The molecule has 0 N–H and O–H groups in total. The van der Waals surface area contributed by atoms with Crippen LogP contribution < -0.4 is 10.2 Å². The monoisotopic (exact) mass is 476 g/mol. The van der Waals surface area contributed by atoms with Crippen molar-refractivity contribution >= 4 is 67.6 Å². The SMILES string of the molecule is CCOC(=O)Cn1c(=NC(=O)c2cc(=O)c3ccccc3o2)sc2cc(Cl)cc(Cl)c21. The summed E-state index contributed by atoms with van der Waals surface area (Å²) < 4.78 is 12.7. The van der Waals surface area contributed by atoms with Crippen LogP contribution in [0.2, 0.25) is 10.0 Å². The van der Waals surface area contributed by atoms with Gasteiger partial charge in [-0.25, -0.2) is 0 Å². The summed E-state index contributed by atoms with van der Waals surface area (Å²) in [6.45, 7) is 1.69. The van der Waals surface area contributed by atoms with Gasteiger partial charge in [0.05, 0.1) is 27.2 Å². The van der Waals surface area contributed by atoms with Gasteiger partial charge < -0.3 is 13.7 Å². The van der Waals surface area contributed by atoms with Gasteiger partial charge in [0.25, 0.3) is 0 Å². The lowest BCUT2D eigenvalue weighted by molar-refractivity contribution is -0.143. The summed E-state index contributed by atoms with van der Waals surface area (Å²) in [4.78, 5) is 41.6. The molecule has 2 heterocycles. The molecule has 1 amide bonds. The van der Waals surface area contributed by atoms with Gasteiger partial charge in [-0.05, 0) is 31.2 Å². The van der Waals surface area contributed by atoms with Crippen molar-refractivity contribution in [3.05, 3.63) is 73.3 Å². The molecule has 2 aromatic carbocycles. The van der Waals surface area contributed by atoms with E-state index in [4.69, 9.17) is 32.4 Å². The van der Waals surface area contributed by atoms with Crippen LogP contribution in [-0.4, -0.2) is 23.1 Å². The molecule has 4 rings (SSSR count). The van der Waals surface area contributed by atoms with Crippen LogP contribution in [0.3, 0.4) is 0 Å². The fourth-order valence-electron chi connectivity index (χ4n) is 3.05. The fourth-order valence-corrected chi connectivity index (χ4v) is 4.86. The molecule has 0 unspecified atom stereocenters. The molecule has 158 valence electrons. The van der Waals surface area contributed by atoms with Gasteiger partial charge in [-0.15, -0.1) is 0 Å². The lowest BCUT2D eigenvalue weighted by Gasteiger charge is -2.06. The van der Waals surface area contributed by atoms with Crippen molar-refractivity contribution in [2.45, 2.75) is 13.5 Å². The minimum absolute atomic E-state index is 0.188. The molecule has 0 bridgehead atoms. The van der Waals surface area contributed by atoms with Gasteiger partial charge in [0, 0.05) is 11.1 Å². The number of ether oxygens (including phenoxy) is 1. The van der Waals surface area contributed by atoms with E-state index in [2.05, 4.69) is 4.99 Å². The van der Waals surface area contributed by atoms with Crippen LogP contribution in [0.1, 0.15) is 17.5 Å². The molecule has 0 fully saturated rings. The predicted molar refractivity (Wildman–Crippen MR) is 119 cm³/mol. The van der Waals surface area contributed by atoms with Crippen LogP contribution >= 0.6 is 34.5 Å². The van der Waals surface area contributed by atoms with Gasteiger partial charge in [-0.1, -0.05) is 46.7 Å². The summed E-state index contributed by atoms with van der Waals surface area (Å²) in [7, 11) is 0. The number of halogens is 2. The number of rotatable bonds is 4. The highest BCUT2D eigenvalue weighted by Gasteiger charge is 2.17. The lowest BCUT2D eigenvalue weighted by Crippen LogP contribution is -2.23. The number of nitrogens with zero attached hydrogens (tertiary/aromatic N) is 2. The van der Waals surface area contributed by atoms with Crippen molar-refractivity contribution in [3.8, 4) is 0 Å². The molecule has 2 aromatic heterocycles. The number of benzene rings is 2. The van der Waals surface area contributed by atoms with Gasteiger partial charge in [-0.2, -0.15) is 4.99 Å². The molecule has 0 saturated carbocycles. The molecule has 31 heavy (non-hydrogen) atoms. The van der Waals surface area contributed by atoms with Crippen molar-refractivity contribution < 1.29 is 18.7 Å².